The van der Waals surface area contributed by atoms with Gasteiger partial charge in [-0.15, -0.1) is 0 Å². The normalized spacial score (nSPS) is 16.4. The van der Waals surface area contributed by atoms with Crippen molar-refractivity contribution in [1.82, 2.24) is 4.90 Å². The van der Waals surface area contributed by atoms with E-state index in [9.17, 15) is 9.90 Å². The molecule has 0 aromatic heterocycles. The van der Waals surface area contributed by atoms with Gasteiger partial charge in [-0.1, -0.05) is 0 Å². The maximum atomic E-state index is 13.5. The van der Waals surface area contributed by atoms with Gasteiger partial charge >= 0.3 is 0 Å². The van der Waals surface area contributed by atoms with Crippen LogP contribution in [0.25, 0.3) is 21.5 Å². The molecule has 2 heterocycles. The van der Waals surface area contributed by atoms with E-state index in [1.807, 2.05) is 41.3 Å². The van der Waals surface area contributed by atoms with E-state index in [0.717, 1.165) is 65.4 Å². The molecule has 1 N–H and O–H groups in total. The number of carbonyl (C=O) groups excluding carboxylic acids is 1. The molecular formula is C24H25NO5. The molecule has 2 aliphatic rings. The molecule has 1 saturated heterocycles. The zero-order valence-electron chi connectivity index (χ0n) is 17.0. The van der Waals surface area contributed by atoms with Gasteiger partial charge in [-0.25, -0.2) is 0 Å². The number of methoxy groups -OCH3 is 1. The van der Waals surface area contributed by atoms with E-state index in [1.54, 1.807) is 7.11 Å². The highest BCUT2D eigenvalue weighted by atomic mass is 16.7. The number of fused-ring (bicyclic) bond motifs is 4. The van der Waals surface area contributed by atoms with Crippen LogP contribution in [0.3, 0.4) is 0 Å². The second kappa shape index (κ2) is 7.69. The monoisotopic (exact) mass is 407 g/mol. The summed E-state index contributed by atoms with van der Waals surface area (Å²) in [4.78, 5) is 15.4. The topological polar surface area (TPSA) is 68.2 Å². The number of aliphatic hydroxyl groups excluding tert-OH is 1. The number of ether oxygens (including phenoxy) is 3. The Morgan fingerprint density at radius 1 is 1.07 bits per heavy atom. The first-order valence-electron chi connectivity index (χ1n) is 10.4. The lowest BCUT2D eigenvalue weighted by Crippen LogP contribution is -2.38. The van der Waals surface area contributed by atoms with E-state index in [-0.39, 0.29) is 19.3 Å². The molecule has 0 spiro atoms. The molecule has 5 rings (SSSR count). The van der Waals surface area contributed by atoms with E-state index >= 15 is 0 Å². The average Bonchev–Trinajstić information content (AvgIpc) is 3.24. The van der Waals surface area contributed by atoms with Gasteiger partial charge in [0, 0.05) is 25.3 Å². The first-order valence-corrected chi connectivity index (χ1v) is 10.4. The van der Waals surface area contributed by atoms with Crippen LogP contribution in [0.2, 0.25) is 0 Å². The Hall–Kier alpha value is -2.99. The maximum absolute atomic E-state index is 13.5. The standard InChI is InChI=1S/C24H25NO5/c1-28-17-2-3-18-20(12-17)19-13-23-22(29-14-30-23)11-16(19)10-21(18)24(27)25-7-4-15(5-8-25)6-9-26/h2-3,10-13,15,26H,4-9,14H2,1H3. The van der Waals surface area contributed by atoms with Crippen molar-refractivity contribution in [3.05, 3.63) is 42.0 Å². The van der Waals surface area contributed by atoms with Crippen LogP contribution in [0.15, 0.2) is 36.4 Å². The second-order valence-electron chi connectivity index (χ2n) is 8.01. The Morgan fingerprint density at radius 2 is 1.83 bits per heavy atom. The summed E-state index contributed by atoms with van der Waals surface area (Å²) in [6, 6.07) is 11.7. The number of aliphatic hydroxyl groups is 1. The third kappa shape index (κ3) is 3.21. The SMILES string of the molecule is COc1ccc2c(C(=O)N3CCC(CCO)CC3)cc3cc4c(cc3c2c1)OCO4. The molecule has 6 nitrogen and oxygen atoms in total. The molecule has 1 fully saturated rings. The quantitative estimate of drug-likeness (QED) is 0.663. The van der Waals surface area contributed by atoms with Crippen molar-refractivity contribution in [2.24, 2.45) is 5.92 Å². The summed E-state index contributed by atoms with van der Waals surface area (Å²) in [5.41, 5.74) is 0.694. The van der Waals surface area contributed by atoms with Crippen molar-refractivity contribution >= 4 is 27.5 Å². The van der Waals surface area contributed by atoms with Crippen molar-refractivity contribution in [3.63, 3.8) is 0 Å². The highest BCUT2D eigenvalue weighted by Crippen LogP contribution is 2.40. The van der Waals surface area contributed by atoms with E-state index in [4.69, 9.17) is 14.2 Å². The minimum Gasteiger partial charge on any atom is -0.497 e. The smallest absolute Gasteiger partial charge is 0.254 e. The van der Waals surface area contributed by atoms with Gasteiger partial charge in [-0.2, -0.15) is 0 Å². The van der Waals surface area contributed by atoms with Crippen LogP contribution in [0.5, 0.6) is 17.2 Å². The van der Waals surface area contributed by atoms with Crippen LogP contribution in [-0.2, 0) is 0 Å². The summed E-state index contributed by atoms with van der Waals surface area (Å²) in [6.07, 6.45) is 2.68. The lowest BCUT2D eigenvalue weighted by molar-refractivity contribution is 0.0680. The largest absolute Gasteiger partial charge is 0.497 e. The lowest BCUT2D eigenvalue weighted by atomic mass is 9.92. The molecule has 3 aromatic rings. The minimum atomic E-state index is 0.0483. The summed E-state index contributed by atoms with van der Waals surface area (Å²) < 4.78 is 16.6. The Kier molecular flexibility index (Phi) is 4.87. The number of piperidine rings is 1. The van der Waals surface area contributed by atoms with Gasteiger partial charge in [0.25, 0.3) is 5.91 Å². The molecule has 0 unspecified atom stereocenters. The van der Waals surface area contributed by atoms with Crippen molar-refractivity contribution in [2.75, 3.05) is 33.6 Å². The van der Waals surface area contributed by atoms with Gasteiger partial charge in [0.15, 0.2) is 11.5 Å². The van der Waals surface area contributed by atoms with Crippen LogP contribution in [0.4, 0.5) is 0 Å². The molecule has 6 heteroatoms. The highest BCUT2D eigenvalue weighted by Gasteiger charge is 2.26. The fourth-order valence-corrected chi connectivity index (χ4v) is 4.61. The van der Waals surface area contributed by atoms with Gasteiger partial charge in [0.2, 0.25) is 6.79 Å². The molecule has 0 saturated carbocycles. The molecule has 0 radical (unpaired) electrons. The Bertz CT molecular complexity index is 1120. The number of amides is 1. The lowest BCUT2D eigenvalue weighted by Gasteiger charge is -2.32. The van der Waals surface area contributed by atoms with Crippen LogP contribution in [0.1, 0.15) is 29.6 Å². The molecular weight excluding hydrogens is 382 g/mol. The Labute approximate surface area is 174 Å². The molecule has 1 amide bonds. The molecule has 156 valence electrons. The first-order chi connectivity index (χ1) is 14.7. The van der Waals surface area contributed by atoms with Crippen LogP contribution >= 0.6 is 0 Å². The number of benzene rings is 3. The van der Waals surface area contributed by atoms with Gasteiger partial charge in [0.05, 0.1) is 7.11 Å². The van der Waals surface area contributed by atoms with Gasteiger partial charge in [-0.3, -0.25) is 4.79 Å². The highest BCUT2D eigenvalue weighted by molar-refractivity contribution is 6.18. The average molecular weight is 407 g/mol. The van der Waals surface area contributed by atoms with Crippen LogP contribution in [0, 0.1) is 5.92 Å². The fourth-order valence-electron chi connectivity index (χ4n) is 4.61. The third-order valence-corrected chi connectivity index (χ3v) is 6.32. The zero-order chi connectivity index (χ0) is 20.7. The number of nitrogens with zero attached hydrogens (tertiary/aromatic N) is 1. The summed E-state index contributed by atoms with van der Waals surface area (Å²) in [5.74, 6) is 2.71. The van der Waals surface area contributed by atoms with Gasteiger partial charge < -0.3 is 24.2 Å². The summed E-state index contributed by atoms with van der Waals surface area (Å²) in [5, 5.41) is 13.0. The predicted octanol–water partition coefficient (Wildman–Crippen LogP) is 3.96. The predicted molar refractivity (Wildman–Crippen MR) is 114 cm³/mol. The van der Waals surface area contributed by atoms with Crippen molar-refractivity contribution in [2.45, 2.75) is 19.3 Å². The van der Waals surface area contributed by atoms with E-state index in [0.29, 0.717) is 17.2 Å². The van der Waals surface area contributed by atoms with Crippen LogP contribution < -0.4 is 14.2 Å². The van der Waals surface area contributed by atoms with Gasteiger partial charge in [-0.05, 0) is 83.1 Å². The Morgan fingerprint density at radius 3 is 2.57 bits per heavy atom. The Balaban J connectivity index is 1.60. The molecule has 2 aliphatic heterocycles. The fraction of sp³-hybridized carbons (Fsp3) is 0.375. The van der Waals surface area contributed by atoms with Crippen molar-refractivity contribution in [3.8, 4) is 17.2 Å². The summed E-state index contributed by atoms with van der Waals surface area (Å²) in [7, 11) is 1.64. The zero-order valence-corrected chi connectivity index (χ0v) is 17.0. The number of hydrogen-bond acceptors (Lipinski definition) is 5. The molecule has 3 aromatic carbocycles. The van der Waals surface area contributed by atoms with E-state index < -0.39 is 0 Å². The molecule has 0 atom stereocenters. The number of rotatable bonds is 4. The summed E-state index contributed by atoms with van der Waals surface area (Å²) >= 11 is 0. The second-order valence-corrected chi connectivity index (χ2v) is 8.01. The van der Waals surface area contributed by atoms with E-state index in [2.05, 4.69) is 0 Å². The van der Waals surface area contributed by atoms with Crippen molar-refractivity contribution in [1.29, 1.82) is 0 Å². The molecule has 0 bridgehead atoms. The van der Waals surface area contributed by atoms with Crippen molar-refractivity contribution < 1.29 is 24.1 Å². The third-order valence-electron chi connectivity index (χ3n) is 6.32. The minimum absolute atomic E-state index is 0.0483. The summed E-state index contributed by atoms with van der Waals surface area (Å²) in [6.45, 7) is 1.87. The van der Waals surface area contributed by atoms with E-state index in [1.165, 1.54) is 0 Å². The van der Waals surface area contributed by atoms with Crippen LogP contribution in [-0.4, -0.2) is 49.5 Å². The maximum Gasteiger partial charge on any atom is 0.254 e. The number of likely N-dealkylation sites (tertiary alicyclic amines) is 1. The molecule has 30 heavy (non-hydrogen) atoms. The number of hydrogen-bond donors (Lipinski definition) is 1. The number of carbonyl (C=O) groups is 1. The first kappa shape index (κ1) is 19.0. The molecule has 0 aliphatic carbocycles. The van der Waals surface area contributed by atoms with Gasteiger partial charge in [0.1, 0.15) is 5.75 Å².